The van der Waals surface area contributed by atoms with Crippen LogP contribution in [0, 0.1) is 0 Å². The topological polar surface area (TPSA) is 160 Å². The molecule has 0 aliphatic carbocycles. The first-order valence-corrected chi connectivity index (χ1v) is 10.6. The van der Waals surface area contributed by atoms with E-state index in [9.17, 15) is 15.0 Å². The predicted molar refractivity (Wildman–Crippen MR) is 120 cm³/mol. The predicted octanol–water partition coefficient (Wildman–Crippen LogP) is 0.261. The number of aromatic nitrogens is 6. The number of aliphatic hydroxyl groups is 2. The van der Waals surface area contributed by atoms with Gasteiger partial charge in [-0.15, -0.1) is 0 Å². The van der Waals surface area contributed by atoms with Gasteiger partial charge in [0.2, 0.25) is 0 Å². The number of ether oxygens (including phenoxy) is 1. The van der Waals surface area contributed by atoms with Crippen molar-refractivity contribution in [3.8, 4) is 11.4 Å². The molecule has 5 rings (SSSR count). The molecule has 34 heavy (non-hydrogen) atoms. The van der Waals surface area contributed by atoms with Crippen LogP contribution in [0.4, 0.5) is 5.82 Å². The molecule has 1 amide bonds. The lowest BCUT2D eigenvalue weighted by Gasteiger charge is -2.17. The Labute approximate surface area is 193 Å². The SMILES string of the molecule is CNC(=O)C1OC(n2cnc3c(NCc4ccccn4)nc(-c4cccnc4)nc32)C(O)C1O. The van der Waals surface area contributed by atoms with Gasteiger partial charge in [-0.3, -0.25) is 19.3 Å². The van der Waals surface area contributed by atoms with Crippen molar-refractivity contribution in [1.82, 2.24) is 34.8 Å². The minimum absolute atomic E-state index is 0.353. The van der Waals surface area contributed by atoms with Crippen LogP contribution in [0.15, 0.2) is 55.2 Å². The molecule has 4 atom stereocenters. The zero-order chi connectivity index (χ0) is 23.7. The molecular weight excluding hydrogens is 440 g/mol. The quantitative estimate of drug-likeness (QED) is 0.313. The number of nitrogens with zero attached hydrogens (tertiary/aromatic N) is 6. The lowest BCUT2D eigenvalue weighted by Crippen LogP contribution is -2.41. The van der Waals surface area contributed by atoms with Crippen molar-refractivity contribution in [3.05, 3.63) is 60.9 Å². The van der Waals surface area contributed by atoms with E-state index >= 15 is 0 Å². The molecule has 12 nitrogen and oxygen atoms in total. The van der Waals surface area contributed by atoms with Gasteiger partial charge in [-0.1, -0.05) is 6.07 Å². The molecule has 0 aromatic carbocycles. The van der Waals surface area contributed by atoms with Crippen LogP contribution in [0.5, 0.6) is 0 Å². The van der Waals surface area contributed by atoms with E-state index in [1.165, 1.54) is 17.9 Å². The average Bonchev–Trinajstić information content (AvgIpc) is 3.44. The van der Waals surface area contributed by atoms with Crippen LogP contribution in [0.25, 0.3) is 22.6 Å². The number of pyridine rings is 2. The molecule has 174 valence electrons. The first-order chi connectivity index (χ1) is 16.6. The fraction of sp³-hybridized carbons (Fsp3) is 0.273. The zero-order valence-corrected chi connectivity index (χ0v) is 18.1. The number of fused-ring (bicyclic) bond motifs is 1. The van der Waals surface area contributed by atoms with E-state index in [1.807, 2.05) is 24.3 Å². The normalized spacial score (nSPS) is 22.1. The maximum Gasteiger partial charge on any atom is 0.251 e. The van der Waals surface area contributed by atoms with E-state index in [0.29, 0.717) is 34.9 Å². The van der Waals surface area contributed by atoms with Crippen LogP contribution in [0.1, 0.15) is 11.9 Å². The van der Waals surface area contributed by atoms with Crippen molar-refractivity contribution in [3.63, 3.8) is 0 Å². The van der Waals surface area contributed by atoms with Crippen molar-refractivity contribution < 1.29 is 19.7 Å². The number of hydrogen-bond acceptors (Lipinski definition) is 10. The number of amides is 1. The van der Waals surface area contributed by atoms with Crippen molar-refractivity contribution >= 4 is 22.9 Å². The third-order valence-corrected chi connectivity index (χ3v) is 5.52. The van der Waals surface area contributed by atoms with Gasteiger partial charge >= 0.3 is 0 Å². The standard InChI is InChI=1S/C22H22N8O4/c1-23-21(33)17-15(31)16(32)22(34-17)30-11-27-14-19(26-10-13-6-2-3-8-25-13)28-18(29-20(14)30)12-5-4-7-24-9-12/h2-9,11,15-17,22,31-32H,10H2,1H3,(H,23,33)(H,26,28,29). The summed E-state index contributed by atoms with van der Waals surface area (Å²) < 4.78 is 7.20. The maximum atomic E-state index is 12.1. The molecule has 4 unspecified atom stereocenters. The third kappa shape index (κ3) is 3.94. The highest BCUT2D eigenvalue weighted by molar-refractivity contribution is 5.85. The number of imidazole rings is 1. The Balaban J connectivity index is 1.57. The Hall–Kier alpha value is -4.00. The summed E-state index contributed by atoms with van der Waals surface area (Å²) in [4.78, 5) is 34.2. The molecule has 0 radical (unpaired) electrons. The number of anilines is 1. The number of rotatable bonds is 6. The molecule has 4 aromatic rings. The summed E-state index contributed by atoms with van der Waals surface area (Å²) in [7, 11) is 1.43. The smallest absolute Gasteiger partial charge is 0.251 e. The lowest BCUT2D eigenvalue weighted by molar-refractivity contribution is -0.137. The Morgan fingerprint density at radius 2 is 2.00 bits per heavy atom. The van der Waals surface area contributed by atoms with Crippen LogP contribution in [0.2, 0.25) is 0 Å². The Kier molecular flexibility index (Phi) is 5.84. The average molecular weight is 462 g/mol. The summed E-state index contributed by atoms with van der Waals surface area (Å²) in [5.41, 5.74) is 2.26. The van der Waals surface area contributed by atoms with Crippen LogP contribution >= 0.6 is 0 Å². The molecule has 1 fully saturated rings. The maximum absolute atomic E-state index is 12.1. The largest absolute Gasteiger partial charge is 0.387 e. The summed E-state index contributed by atoms with van der Waals surface area (Å²) in [5, 5.41) is 26.7. The van der Waals surface area contributed by atoms with Gasteiger partial charge in [0.15, 0.2) is 35.1 Å². The molecule has 4 aromatic heterocycles. The molecule has 4 N–H and O–H groups in total. The first kappa shape index (κ1) is 21.8. The van der Waals surface area contributed by atoms with Crippen LogP contribution in [-0.2, 0) is 16.1 Å². The summed E-state index contributed by atoms with van der Waals surface area (Å²) in [6.45, 7) is 0.395. The van der Waals surface area contributed by atoms with Crippen LogP contribution in [-0.4, -0.2) is 71.0 Å². The van der Waals surface area contributed by atoms with Crippen molar-refractivity contribution in [1.29, 1.82) is 0 Å². The van der Waals surface area contributed by atoms with Gasteiger partial charge in [0, 0.05) is 31.2 Å². The third-order valence-electron chi connectivity index (χ3n) is 5.52. The van der Waals surface area contributed by atoms with E-state index in [2.05, 4.69) is 35.6 Å². The van der Waals surface area contributed by atoms with Crippen molar-refractivity contribution in [2.75, 3.05) is 12.4 Å². The lowest BCUT2D eigenvalue weighted by atomic mass is 10.1. The molecule has 0 spiro atoms. The highest BCUT2D eigenvalue weighted by atomic mass is 16.6. The number of aliphatic hydroxyl groups excluding tert-OH is 2. The van der Waals surface area contributed by atoms with E-state index in [-0.39, 0.29) is 0 Å². The summed E-state index contributed by atoms with van der Waals surface area (Å²) >= 11 is 0. The van der Waals surface area contributed by atoms with Gasteiger partial charge in [-0.05, 0) is 24.3 Å². The van der Waals surface area contributed by atoms with Gasteiger partial charge < -0.3 is 25.6 Å². The Morgan fingerprint density at radius 1 is 1.12 bits per heavy atom. The molecule has 0 saturated carbocycles. The van der Waals surface area contributed by atoms with Crippen molar-refractivity contribution in [2.45, 2.75) is 31.1 Å². The highest BCUT2D eigenvalue weighted by Crippen LogP contribution is 2.33. The highest BCUT2D eigenvalue weighted by Gasteiger charge is 2.47. The van der Waals surface area contributed by atoms with Gasteiger partial charge in [0.25, 0.3) is 5.91 Å². The monoisotopic (exact) mass is 462 g/mol. The number of hydrogen-bond donors (Lipinski definition) is 4. The molecule has 1 aliphatic rings. The van der Waals surface area contributed by atoms with E-state index in [0.717, 1.165) is 5.69 Å². The van der Waals surface area contributed by atoms with Gasteiger partial charge in [-0.25, -0.2) is 15.0 Å². The number of nitrogens with one attached hydrogen (secondary N) is 2. The van der Waals surface area contributed by atoms with E-state index in [1.54, 1.807) is 24.7 Å². The Morgan fingerprint density at radius 3 is 2.74 bits per heavy atom. The first-order valence-electron chi connectivity index (χ1n) is 10.6. The summed E-state index contributed by atoms with van der Waals surface area (Å²) in [6, 6.07) is 9.21. The second kappa shape index (κ2) is 9.09. The second-order valence-electron chi connectivity index (χ2n) is 7.68. The molecule has 5 heterocycles. The van der Waals surface area contributed by atoms with E-state index in [4.69, 9.17) is 4.74 Å². The minimum atomic E-state index is -1.41. The van der Waals surface area contributed by atoms with Gasteiger partial charge in [0.1, 0.15) is 12.2 Å². The summed E-state index contributed by atoms with van der Waals surface area (Å²) in [5.74, 6) is 0.285. The molecule has 0 bridgehead atoms. The number of likely N-dealkylation sites (N-methyl/N-ethyl adjacent to an activating group) is 1. The van der Waals surface area contributed by atoms with Gasteiger partial charge in [-0.2, -0.15) is 0 Å². The van der Waals surface area contributed by atoms with Gasteiger partial charge in [0.05, 0.1) is 18.6 Å². The number of carbonyl (C=O) groups excluding carboxylic acids is 1. The molecule has 1 saturated heterocycles. The van der Waals surface area contributed by atoms with Crippen LogP contribution in [0.3, 0.4) is 0 Å². The zero-order valence-electron chi connectivity index (χ0n) is 18.1. The van der Waals surface area contributed by atoms with E-state index < -0.39 is 30.4 Å². The molecule has 1 aliphatic heterocycles. The van der Waals surface area contributed by atoms with Crippen molar-refractivity contribution in [2.24, 2.45) is 0 Å². The number of carbonyl (C=O) groups is 1. The molecule has 12 heteroatoms. The Bertz CT molecular complexity index is 1300. The fourth-order valence-electron chi connectivity index (χ4n) is 3.78. The second-order valence-corrected chi connectivity index (χ2v) is 7.68. The fourth-order valence-corrected chi connectivity index (χ4v) is 3.78. The molecular formula is C22H22N8O4. The van der Waals surface area contributed by atoms with Crippen LogP contribution < -0.4 is 10.6 Å². The summed E-state index contributed by atoms with van der Waals surface area (Å²) in [6.07, 6.45) is 1.32. The minimum Gasteiger partial charge on any atom is -0.387 e.